The van der Waals surface area contributed by atoms with E-state index in [1.807, 2.05) is 0 Å². The molecule has 0 unspecified atom stereocenters. The van der Waals surface area contributed by atoms with Crippen LogP contribution in [0.5, 0.6) is 0 Å². The predicted octanol–water partition coefficient (Wildman–Crippen LogP) is 14.0. The van der Waals surface area contributed by atoms with Gasteiger partial charge in [-0.05, 0) is 104 Å². The van der Waals surface area contributed by atoms with Crippen molar-refractivity contribution in [1.82, 2.24) is 4.57 Å². The standard InChI is InChI=1S/C51H36N2/c1-51(2)45-32-34(33-25-27-41-39-21-10-9-19-37(39)38-20-11-12-22-40(38)44(41)31-33)26-29-47(45)52(35-15-5-3-6-16-35)48-30-28-43-42-23-13-14-24-46(42)53(50(43)49(48)51)36-17-7-4-8-18-36/h3-32H,1-2H3. The molecule has 1 aliphatic rings. The zero-order valence-electron chi connectivity index (χ0n) is 29.7. The summed E-state index contributed by atoms with van der Waals surface area (Å²) in [6.07, 6.45) is 0. The molecule has 2 heteroatoms. The van der Waals surface area contributed by atoms with E-state index in [4.69, 9.17) is 0 Å². The van der Waals surface area contributed by atoms with E-state index in [1.165, 1.54) is 93.4 Å². The lowest BCUT2D eigenvalue weighted by Gasteiger charge is -2.43. The van der Waals surface area contributed by atoms with E-state index in [9.17, 15) is 0 Å². The van der Waals surface area contributed by atoms with Crippen LogP contribution in [0.25, 0.3) is 70.9 Å². The molecule has 2 heterocycles. The average Bonchev–Trinajstić information content (AvgIpc) is 3.55. The van der Waals surface area contributed by atoms with Crippen LogP contribution in [0.4, 0.5) is 17.1 Å². The Bertz CT molecular complexity index is 3040. The van der Waals surface area contributed by atoms with E-state index < -0.39 is 0 Å². The van der Waals surface area contributed by atoms with Gasteiger partial charge < -0.3 is 9.47 Å². The molecule has 0 bridgehead atoms. The lowest BCUT2D eigenvalue weighted by molar-refractivity contribution is 0.636. The van der Waals surface area contributed by atoms with Gasteiger partial charge in [0.05, 0.1) is 22.4 Å². The molecule has 0 saturated carbocycles. The van der Waals surface area contributed by atoms with Crippen LogP contribution in [-0.2, 0) is 5.41 Å². The molecule has 0 atom stereocenters. The quantitative estimate of drug-likeness (QED) is 0.169. The summed E-state index contributed by atoms with van der Waals surface area (Å²) in [5, 5.41) is 10.3. The molecule has 9 aromatic carbocycles. The van der Waals surface area contributed by atoms with Crippen LogP contribution in [-0.4, -0.2) is 4.57 Å². The molecule has 0 fully saturated rings. The van der Waals surface area contributed by atoms with Crippen LogP contribution < -0.4 is 4.90 Å². The minimum atomic E-state index is -0.327. The topological polar surface area (TPSA) is 8.17 Å². The van der Waals surface area contributed by atoms with Crippen LogP contribution in [0.15, 0.2) is 182 Å². The molecular weight excluding hydrogens is 641 g/mol. The summed E-state index contributed by atoms with van der Waals surface area (Å²) in [4.78, 5) is 2.48. The van der Waals surface area contributed by atoms with Crippen molar-refractivity contribution in [3.8, 4) is 16.8 Å². The molecule has 0 N–H and O–H groups in total. The van der Waals surface area contributed by atoms with Gasteiger partial charge in [0.15, 0.2) is 0 Å². The van der Waals surface area contributed by atoms with Gasteiger partial charge in [-0.1, -0.05) is 141 Å². The molecule has 250 valence electrons. The van der Waals surface area contributed by atoms with E-state index in [0.29, 0.717) is 0 Å². The Balaban J connectivity index is 1.20. The highest BCUT2D eigenvalue weighted by Crippen LogP contribution is 2.56. The van der Waals surface area contributed by atoms with Crippen LogP contribution >= 0.6 is 0 Å². The van der Waals surface area contributed by atoms with Gasteiger partial charge in [-0.15, -0.1) is 0 Å². The third-order valence-corrected chi connectivity index (χ3v) is 11.7. The number of fused-ring (bicyclic) bond motifs is 12. The van der Waals surface area contributed by atoms with E-state index in [1.54, 1.807) is 0 Å². The summed E-state index contributed by atoms with van der Waals surface area (Å²) in [5.74, 6) is 0. The van der Waals surface area contributed by atoms with Gasteiger partial charge >= 0.3 is 0 Å². The predicted molar refractivity (Wildman–Crippen MR) is 226 cm³/mol. The zero-order valence-corrected chi connectivity index (χ0v) is 29.7. The summed E-state index contributed by atoms with van der Waals surface area (Å²) in [6.45, 7) is 4.84. The molecule has 1 aliphatic heterocycles. The number of para-hydroxylation sites is 3. The first-order valence-corrected chi connectivity index (χ1v) is 18.5. The second-order valence-electron chi connectivity index (χ2n) is 14.9. The third-order valence-electron chi connectivity index (χ3n) is 11.7. The number of nitrogens with zero attached hydrogens (tertiary/aromatic N) is 2. The van der Waals surface area contributed by atoms with Crippen LogP contribution in [0.1, 0.15) is 25.0 Å². The molecule has 0 spiro atoms. The van der Waals surface area contributed by atoms with Crippen molar-refractivity contribution < 1.29 is 0 Å². The van der Waals surface area contributed by atoms with Crippen LogP contribution in [0, 0.1) is 0 Å². The van der Waals surface area contributed by atoms with Crippen molar-refractivity contribution in [2.45, 2.75) is 19.3 Å². The van der Waals surface area contributed by atoms with E-state index in [0.717, 1.165) is 5.69 Å². The van der Waals surface area contributed by atoms with Gasteiger partial charge in [-0.25, -0.2) is 0 Å². The first-order valence-electron chi connectivity index (χ1n) is 18.5. The Morgan fingerprint density at radius 1 is 0.377 bits per heavy atom. The van der Waals surface area contributed by atoms with Gasteiger partial charge in [0.2, 0.25) is 0 Å². The molecule has 2 nitrogen and oxygen atoms in total. The molecule has 0 saturated heterocycles. The fourth-order valence-electron chi connectivity index (χ4n) is 9.31. The zero-order chi connectivity index (χ0) is 35.3. The maximum Gasteiger partial charge on any atom is 0.0602 e. The number of anilines is 3. The van der Waals surface area contributed by atoms with Gasteiger partial charge in [0.25, 0.3) is 0 Å². The second kappa shape index (κ2) is 11.2. The SMILES string of the molecule is CC1(C)c2cc(-c3ccc4c5ccccc5c5ccccc5c4c3)ccc2N(c2ccccc2)c2ccc3c4ccccc4n(-c4ccccc4)c3c21. The van der Waals surface area contributed by atoms with E-state index in [2.05, 4.69) is 205 Å². The van der Waals surface area contributed by atoms with Crippen molar-refractivity contribution in [3.63, 3.8) is 0 Å². The summed E-state index contributed by atoms with van der Waals surface area (Å²) in [7, 11) is 0. The molecule has 1 aromatic heterocycles. The molecule has 53 heavy (non-hydrogen) atoms. The smallest absolute Gasteiger partial charge is 0.0602 e. The van der Waals surface area contributed by atoms with Crippen molar-refractivity contribution in [2.24, 2.45) is 0 Å². The Morgan fingerprint density at radius 2 is 0.868 bits per heavy atom. The molecule has 0 amide bonds. The lowest BCUT2D eigenvalue weighted by atomic mass is 9.72. The number of aromatic nitrogens is 1. The number of hydrogen-bond acceptors (Lipinski definition) is 1. The first-order chi connectivity index (χ1) is 26.1. The maximum atomic E-state index is 2.49. The highest BCUT2D eigenvalue weighted by atomic mass is 15.2. The summed E-state index contributed by atoms with van der Waals surface area (Å²) < 4.78 is 2.49. The summed E-state index contributed by atoms with van der Waals surface area (Å²) in [5.41, 5.74) is 12.0. The van der Waals surface area contributed by atoms with Crippen molar-refractivity contribution in [2.75, 3.05) is 4.90 Å². The Labute approximate surface area is 308 Å². The highest BCUT2D eigenvalue weighted by molar-refractivity contribution is 6.25. The average molecular weight is 677 g/mol. The van der Waals surface area contributed by atoms with Gasteiger partial charge in [0, 0.05) is 33.1 Å². The van der Waals surface area contributed by atoms with E-state index >= 15 is 0 Å². The van der Waals surface area contributed by atoms with Crippen LogP contribution in [0.3, 0.4) is 0 Å². The molecule has 10 aromatic rings. The third kappa shape index (κ3) is 4.27. The Kier molecular flexibility index (Phi) is 6.33. The largest absolute Gasteiger partial charge is 0.310 e. The lowest BCUT2D eigenvalue weighted by Crippen LogP contribution is -2.31. The summed E-state index contributed by atoms with van der Waals surface area (Å²) in [6, 6.07) is 67.1. The molecule has 0 radical (unpaired) electrons. The Morgan fingerprint density at radius 3 is 1.55 bits per heavy atom. The normalized spacial score (nSPS) is 13.6. The maximum absolute atomic E-state index is 2.49. The Hall–Kier alpha value is -6.64. The highest BCUT2D eigenvalue weighted by Gasteiger charge is 2.40. The van der Waals surface area contributed by atoms with Gasteiger partial charge in [0.1, 0.15) is 0 Å². The number of hydrogen-bond donors (Lipinski definition) is 0. The van der Waals surface area contributed by atoms with Crippen LogP contribution in [0.2, 0.25) is 0 Å². The second-order valence-corrected chi connectivity index (χ2v) is 14.9. The van der Waals surface area contributed by atoms with Crippen molar-refractivity contribution in [3.05, 3.63) is 193 Å². The molecule has 0 aliphatic carbocycles. The first kappa shape index (κ1) is 30.0. The molecule has 11 rings (SSSR count). The van der Waals surface area contributed by atoms with Gasteiger partial charge in [-0.3, -0.25) is 0 Å². The van der Waals surface area contributed by atoms with E-state index in [-0.39, 0.29) is 5.41 Å². The number of benzene rings is 9. The fourth-order valence-corrected chi connectivity index (χ4v) is 9.31. The van der Waals surface area contributed by atoms with Crippen molar-refractivity contribution >= 4 is 71.2 Å². The monoisotopic (exact) mass is 676 g/mol. The minimum absolute atomic E-state index is 0.327. The minimum Gasteiger partial charge on any atom is -0.310 e. The summed E-state index contributed by atoms with van der Waals surface area (Å²) >= 11 is 0. The fraction of sp³-hybridized carbons (Fsp3) is 0.0588. The van der Waals surface area contributed by atoms with Gasteiger partial charge in [-0.2, -0.15) is 0 Å². The molecular formula is C51H36N2. The van der Waals surface area contributed by atoms with Crippen molar-refractivity contribution in [1.29, 1.82) is 0 Å². The number of rotatable bonds is 3.